The second-order valence-electron chi connectivity index (χ2n) is 7.39. The van der Waals surface area contributed by atoms with Gasteiger partial charge < -0.3 is 21.3 Å². The molecule has 1 heterocycles. The maximum Gasteiger partial charge on any atom is 0.310 e. The van der Waals surface area contributed by atoms with Crippen LogP contribution in [0, 0.1) is 5.92 Å². The number of carbonyl (C=O) groups is 5. The van der Waals surface area contributed by atoms with Crippen LogP contribution >= 0.6 is 0 Å². The number of ketones is 2. The number of aliphatic carboxylic acids is 2. The van der Waals surface area contributed by atoms with Crippen LogP contribution in [-0.4, -0.2) is 71.1 Å². The van der Waals surface area contributed by atoms with E-state index in [1.54, 1.807) is 0 Å². The van der Waals surface area contributed by atoms with Crippen LogP contribution in [0.1, 0.15) is 51.4 Å². The third kappa shape index (κ3) is 11.4. The second kappa shape index (κ2) is 14.9. The number of amides is 1. The Hall–Kier alpha value is -3.06. The summed E-state index contributed by atoms with van der Waals surface area (Å²) in [5.41, 5.74) is 5.86. The maximum absolute atomic E-state index is 12.0. The average molecular weight is 454 g/mol. The highest BCUT2D eigenvalue weighted by atomic mass is 16.4. The van der Waals surface area contributed by atoms with Crippen molar-refractivity contribution in [3.8, 4) is 0 Å². The Labute approximate surface area is 184 Å². The number of hydrogen-bond acceptors (Lipinski definition) is 10. The molecule has 0 saturated heterocycles. The fraction of sp³-hybridized carbons (Fsp3) is 0.684. The molecule has 0 spiro atoms. The van der Waals surface area contributed by atoms with Gasteiger partial charge in [-0.2, -0.15) is 5.11 Å². The number of unbranched alkanes of at least 4 members (excludes halogenated alkanes) is 1. The van der Waals surface area contributed by atoms with E-state index in [1.165, 1.54) is 0 Å². The van der Waals surface area contributed by atoms with Gasteiger partial charge in [0.1, 0.15) is 18.7 Å². The first-order valence-electron chi connectivity index (χ1n) is 10.3. The lowest BCUT2D eigenvalue weighted by Crippen LogP contribution is -2.40. The van der Waals surface area contributed by atoms with Gasteiger partial charge in [-0.05, 0) is 30.9 Å². The van der Waals surface area contributed by atoms with E-state index in [9.17, 15) is 29.1 Å². The number of nitrogens with zero attached hydrogens (tertiary/aromatic N) is 3. The second-order valence-corrected chi connectivity index (χ2v) is 7.39. The lowest BCUT2D eigenvalue weighted by Gasteiger charge is -2.15. The molecule has 0 radical (unpaired) electrons. The summed E-state index contributed by atoms with van der Waals surface area (Å²) in [6.45, 7) is 0.603. The normalized spacial score (nSPS) is 14.5. The molecule has 13 nitrogen and oxygen atoms in total. The van der Waals surface area contributed by atoms with Crippen LogP contribution in [0.15, 0.2) is 15.4 Å². The lowest BCUT2D eigenvalue weighted by atomic mass is 9.95. The molecular formula is C19H30N6O7. The molecule has 1 aliphatic rings. The minimum atomic E-state index is -1.20. The van der Waals surface area contributed by atoms with Crippen LogP contribution in [-0.2, 0) is 24.0 Å². The van der Waals surface area contributed by atoms with E-state index in [0.29, 0.717) is 31.5 Å². The largest absolute Gasteiger partial charge is 0.481 e. The van der Waals surface area contributed by atoms with Gasteiger partial charge in [-0.25, -0.2) is 0 Å². The molecule has 6 N–H and O–H groups in total. The summed E-state index contributed by atoms with van der Waals surface area (Å²) in [5.74, 6) is -4.39. The minimum absolute atomic E-state index is 0.00203. The smallest absolute Gasteiger partial charge is 0.310 e. The first kappa shape index (κ1) is 27.0. The summed E-state index contributed by atoms with van der Waals surface area (Å²) in [6.07, 6.45) is 0.699. The molecule has 0 bridgehead atoms. The fourth-order valence-corrected chi connectivity index (χ4v) is 3.10. The third-order valence-electron chi connectivity index (χ3n) is 4.77. The average Bonchev–Trinajstić information content (AvgIpc) is 3.22. The molecule has 0 fully saturated rings. The molecule has 0 aliphatic carbocycles. The Morgan fingerprint density at radius 2 is 1.84 bits per heavy atom. The molecule has 1 unspecified atom stereocenters. The highest BCUT2D eigenvalue weighted by Crippen LogP contribution is 2.15. The van der Waals surface area contributed by atoms with Crippen molar-refractivity contribution in [1.82, 2.24) is 10.6 Å². The topological polar surface area (TPSA) is 213 Å². The fourth-order valence-electron chi connectivity index (χ4n) is 3.10. The predicted octanol–water partition coefficient (Wildman–Crippen LogP) is -0.157. The molecular weight excluding hydrogens is 424 g/mol. The van der Waals surface area contributed by atoms with E-state index in [2.05, 4.69) is 26.1 Å². The van der Waals surface area contributed by atoms with Crippen LogP contribution in [0.5, 0.6) is 0 Å². The number of nitrogens with two attached hydrogens (primary N) is 1. The van der Waals surface area contributed by atoms with Crippen LogP contribution in [0.3, 0.4) is 0 Å². The number of carboxylic acids is 2. The third-order valence-corrected chi connectivity index (χ3v) is 4.77. The Balaban J connectivity index is 2.27. The van der Waals surface area contributed by atoms with E-state index < -0.39 is 36.1 Å². The van der Waals surface area contributed by atoms with E-state index in [4.69, 9.17) is 10.8 Å². The number of carboxylic acid groups (broad SMARTS) is 2. The molecule has 0 saturated carbocycles. The molecule has 1 aliphatic heterocycles. The Kier molecular flexibility index (Phi) is 12.5. The zero-order chi connectivity index (χ0) is 23.9. The van der Waals surface area contributed by atoms with Crippen molar-refractivity contribution in [2.24, 2.45) is 27.1 Å². The van der Waals surface area contributed by atoms with Crippen LogP contribution in [0.4, 0.5) is 0 Å². The van der Waals surface area contributed by atoms with Crippen LogP contribution in [0.25, 0.3) is 0 Å². The number of carbonyl (C=O) groups excluding carboxylic acids is 3. The van der Waals surface area contributed by atoms with E-state index >= 15 is 0 Å². The zero-order valence-electron chi connectivity index (χ0n) is 17.8. The molecule has 178 valence electrons. The standard InChI is InChI=1S/C19H30N6O7/c20-11-22-15(16(27)9-18(29)30)3-1-2-6-21-17(28)5-4-12(19(31)32)7-14(26)8-13-10-23-25-24-13/h12,15,22H,1-11,20H2,(H,21,28)(H,29,30)(H,31,32)/t12?,15-/m0/s1. The molecule has 0 aromatic rings. The first-order chi connectivity index (χ1) is 15.2. The maximum atomic E-state index is 12.0. The first-order valence-corrected chi connectivity index (χ1v) is 10.3. The number of nitrogens with one attached hydrogen (secondary N) is 2. The van der Waals surface area contributed by atoms with Crippen molar-refractivity contribution in [2.75, 3.05) is 19.8 Å². The van der Waals surface area contributed by atoms with Gasteiger partial charge in [0, 0.05) is 32.5 Å². The molecule has 0 aromatic heterocycles. The quantitative estimate of drug-likeness (QED) is 0.106. The van der Waals surface area contributed by atoms with Crippen molar-refractivity contribution < 1.29 is 34.2 Å². The highest BCUT2D eigenvalue weighted by Gasteiger charge is 2.23. The minimum Gasteiger partial charge on any atom is -0.481 e. The zero-order valence-corrected chi connectivity index (χ0v) is 17.8. The van der Waals surface area contributed by atoms with E-state index in [1.807, 2.05) is 0 Å². The van der Waals surface area contributed by atoms with E-state index in [0.717, 1.165) is 0 Å². The summed E-state index contributed by atoms with van der Waals surface area (Å²) in [7, 11) is 0. The van der Waals surface area contributed by atoms with Crippen LogP contribution in [0.2, 0.25) is 0 Å². The van der Waals surface area contributed by atoms with Crippen molar-refractivity contribution in [1.29, 1.82) is 0 Å². The van der Waals surface area contributed by atoms with Crippen molar-refractivity contribution in [3.05, 3.63) is 0 Å². The molecule has 2 atom stereocenters. The van der Waals surface area contributed by atoms with Gasteiger partial charge in [-0.15, -0.1) is 5.10 Å². The summed E-state index contributed by atoms with van der Waals surface area (Å²) in [5, 5.41) is 34.2. The van der Waals surface area contributed by atoms with Gasteiger partial charge in [0.2, 0.25) is 5.91 Å². The number of Topliss-reactive ketones (excluding diaryl/α,β-unsaturated/α-hetero) is 2. The van der Waals surface area contributed by atoms with Crippen molar-refractivity contribution in [3.63, 3.8) is 0 Å². The molecule has 1 rings (SSSR count). The molecule has 32 heavy (non-hydrogen) atoms. The summed E-state index contributed by atoms with van der Waals surface area (Å²) in [6, 6.07) is -0.654. The SMILES string of the molecule is NCN[C@@H](CCCCNC(=O)CCC(CC(=O)CC1=NN=NC1)C(=O)O)C(=O)CC(=O)O. The van der Waals surface area contributed by atoms with E-state index in [-0.39, 0.29) is 50.6 Å². The predicted molar refractivity (Wildman–Crippen MR) is 112 cm³/mol. The number of hydrogen-bond donors (Lipinski definition) is 5. The Bertz CT molecular complexity index is 752. The number of rotatable bonds is 18. The molecule has 0 aromatic carbocycles. The van der Waals surface area contributed by atoms with Gasteiger partial charge in [0.15, 0.2) is 5.78 Å². The summed E-state index contributed by atoms with van der Waals surface area (Å²) < 4.78 is 0. The van der Waals surface area contributed by atoms with Crippen molar-refractivity contribution >= 4 is 35.1 Å². The molecule has 13 heteroatoms. The Morgan fingerprint density at radius 3 is 2.44 bits per heavy atom. The van der Waals surface area contributed by atoms with Gasteiger partial charge in [-0.1, -0.05) is 0 Å². The van der Waals surface area contributed by atoms with Gasteiger partial charge in [-0.3, -0.25) is 29.3 Å². The summed E-state index contributed by atoms with van der Waals surface area (Å²) >= 11 is 0. The monoisotopic (exact) mass is 454 g/mol. The van der Waals surface area contributed by atoms with Gasteiger partial charge in [0.25, 0.3) is 0 Å². The molecule has 1 amide bonds. The van der Waals surface area contributed by atoms with Crippen LogP contribution < -0.4 is 16.4 Å². The lowest BCUT2D eigenvalue weighted by molar-refractivity contribution is -0.144. The summed E-state index contributed by atoms with van der Waals surface area (Å²) in [4.78, 5) is 57.9. The Morgan fingerprint density at radius 1 is 1.09 bits per heavy atom. The van der Waals surface area contributed by atoms with Crippen molar-refractivity contribution in [2.45, 2.75) is 57.4 Å². The van der Waals surface area contributed by atoms with Gasteiger partial charge >= 0.3 is 11.9 Å². The highest BCUT2D eigenvalue weighted by molar-refractivity contribution is 6.04. The van der Waals surface area contributed by atoms with Gasteiger partial charge in [0.05, 0.1) is 17.7 Å².